The zero-order chi connectivity index (χ0) is 14.6. The summed E-state index contributed by atoms with van der Waals surface area (Å²) in [5, 5.41) is 19.1. The molecule has 0 spiro atoms. The number of hydrogen-bond acceptors (Lipinski definition) is 6. The van der Waals surface area contributed by atoms with Gasteiger partial charge in [-0.2, -0.15) is 9.57 Å². The molecule has 1 rings (SSSR count). The third-order valence-corrected chi connectivity index (χ3v) is 6.02. The van der Waals surface area contributed by atoms with Crippen LogP contribution in [0.2, 0.25) is 4.34 Å². The summed E-state index contributed by atoms with van der Waals surface area (Å²) in [6.07, 6.45) is 0.0499. The molecule has 0 aromatic carbocycles. The maximum atomic E-state index is 12.2. The second kappa shape index (κ2) is 6.29. The largest absolute Gasteiger partial charge is 0.300 e. The number of halogens is 1. The fourth-order valence-corrected chi connectivity index (χ4v) is 4.61. The first-order chi connectivity index (χ1) is 8.84. The lowest BCUT2D eigenvalue weighted by molar-refractivity contribution is -0.384. The van der Waals surface area contributed by atoms with Crippen LogP contribution in [0.15, 0.2) is 10.3 Å². The van der Waals surface area contributed by atoms with E-state index in [0.29, 0.717) is 11.3 Å². The number of hydrogen-bond donors (Lipinski definition) is 0. The molecule has 0 aliphatic carbocycles. The number of nitriles is 1. The van der Waals surface area contributed by atoms with Gasteiger partial charge in [0.25, 0.3) is 15.7 Å². The molecule has 10 heteroatoms. The van der Waals surface area contributed by atoms with Crippen LogP contribution in [0.5, 0.6) is 0 Å². The molecule has 0 amide bonds. The molecule has 0 saturated heterocycles. The number of nitro groups is 1. The van der Waals surface area contributed by atoms with Crippen LogP contribution >= 0.6 is 22.9 Å². The third-order valence-electron chi connectivity index (χ3n) is 2.26. The van der Waals surface area contributed by atoms with Crippen molar-refractivity contribution in [3.05, 3.63) is 20.5 Å². The van der Waals surface area contributed by atoms with Gasteiger partial charge >= 0.3 is 0 Å². The van der Waals surface area contributed by atoms with Gasteiger partial charge in [-0.1, -0.05) is 18.5 Å². The molecule has 0 aliphatic heterocycles. The van der Waals surface area contributed by atoms with Gasteiger partial charge in [0.1, 0.15) is 4.21 Å². The molecule has 19 heavy (non-hydrogen) atoms. The SMILES string of the molecule is CCN(CCC#N)S(=O)(=O)c1cc([N+](=O)[O-])c(Cl)s1. The molecular weight excluding hydrogens is 314 g/mol. The van der Waals surface area contributed by atoms with Crippen LogP contribution < -0.4 is 0 Å². The molecule has 1 aromatic rings. The van der Waals surface area contributed by atoms with E-state index in [0.717, 1.165) is 10.4 Å². The Hall–Kier alpha value is -1.21. The monoisotopic (exact) mass is 323 g/mol. The quantitative estimate of drug-likeness (QED) is 0.589. The molecule has 7 nitrogen and oxygen atoms in total. The van der Waals surface area contributed by atoms with E-state index in [1.165, 1.54) is 0 Å². The second-order valence-electron chi connectivity index (χ2n) is 3.39. The van der Waals surface area contributed by atoms with Crippen molar-refractivity contribution in [2.45, 2.75) is 17.6 Å². The first-order valence-corrected chi connectivity index (χ1v) is 7.78. The third kappa shape index (κ3) is 3.42. The predicted octanol–water partition coefficient (Wildman–Crippen LogP) is 2.23. The van der Waals surface area contributed by atoms with Crippen molar-refractivity contribution in [3.63, 3.8) is 0 Å². The average molecular weight is 324 g/mol. The van der Waals surface area contributed by atoms with Gasteiger partial charge in [-0.15, -0.1) is 11.3 Å². The molecule has 0 atom stereocenters. The summed E-state index contributed by atoms with van der Waals surface area (Å²) >= 11 is 6.28. The zero-order valence-corrected chi connectivity index (χ0v) is 12.3. The summed E-state index contributed by atoms with van der Waals surface area (Å²) in [5.41, 5.74) is -0.429. The van der Waals surface area contributed by atoms with Gasteiger partial charge in [0.2, 0.25) is 0 Å². The number of sulfonamides is 1. The van der Waals surface area contributed by atoms with E-state index in [2.05, 4.69) is 0 Å². The lowest BCUT2D eigenvalue weighted by Crippen LogP contribution is -2.31. The van der Waals surface area contributed by atoms with E-state index in [1.807, 2.05) is 6.07 Å². The first-order valence-electron chi connectivity index (χ1n) is 5.15. The summed E-state index contributed by atoms with van der Waals surface area (Å²) < 4.78 is 25.1. The highest BCUT2D eigenvalue weighted by atomic mass is 35.5. The van der Waals surface area contributed by atoms with Crippen LogP contribution in [-0.4, -0.2) is 30.7 Å². The molecule has 0 saturated carbocycles. The van der Waals surface area contributed by atoms with Gasteiger partial charge in [-0.05, 0) is 0 Å². The van der Waals surface area contributed by atoms with Crippen molar-refractivity contribution >= 4 is 38.6 Å². The Morgan fingerprint density at radius 2 is 2.26 bits per heavy atom. The number of thiophene rings is 1. The van der Waals surface area contributed by atoms with Gasteiger partial charge in [-0.25, -0.2) is 8.42 Å². The van der Waals surface area contributed by atoms with E-state index in [1.54, 1.807) is 6.92 Å². The van der Waals surface area contributed by atoms with E-state index in [9.17, 15) is 18.5 Å². The Labute approximate surface area is 119 Å². The zero-order valence-electron chi connectivity index (χ0n) is 9.87. The van der Waals surface area contributed by atoms with Crippen molar-refractivity contribution in [1.29, 1.82) is 5.26 Å². The summed E-state index contributed by atoms with van der Waals surface area (Å²) in [6, 6.07) is 2.80. The Morgan fingerprint density at radius 3 is 2.68 bits per heavy atom. The minimum absolute atomic E-state index is 0.0403. The van der Waals surface area contributed by atoms with Crippen molar-refractivity contribution in [2.24, 2.45) is 0 Å². The van der Waals surface area contributed by atoms with Gasteiger partial charge in [0.15, 0.2) is 4.34 Å². The van der Waals surface area contributed by atoms with Crippen molar-refractivity contribution in [3.8, 4) is 6.07 Å². The highest BCUT2D eigenvalue weighted by Crippen LogP contribution is 2.37. The highest BCUT2D eigenvalue weighted by molar-refractivity contribution is 7.91. The molecule has 0 unspecified atom stereocenters. The van der Waals surface area contributed by atoms with Crippen molar-refractivity contribution < 1.29 is 13.3 Å². The Kier molecular flexibility index (Phi) is 5.25. The van der Waals surface area contributed by atoms with Crippen LogP contribution in [0.3, 0.4) is 0 Å². The fraction of sp³-hybridized carbons (Fsp3) is 0.444. The van der Waals surface area contributed by atoms with Gasteiger partial charge < -0.3 is 0 Å². The highest BCUT2D eigenvalue weighted by Gasteiger charge is 2.29. The summed E-state index contributed by atoms with van der Waals surface area (Å²) in [4.78, 5) is 9.92. The van der Waals surface area contributed by atoms with Gasteiger partial charge in [-0.3, -0.25) is 10.1 Å². The van der Waals surface area contributed by atoms with E-state index in [4.69, 9.17) is 16.9 Å². The van der Waals surface area contributed by atoms with Crippen LogP contribution in [-0.2, 0) is 10.0 Å². The minimum atomic E-state index is -3.85. The lowest BCUT2D eigenvalue weighted by atomic mass is 10.5. The molecule has 1 heterocycles. The number of rotatable bonds is 6. The normalized spacial score (nSPS) is 11.5. The fourth-order valence-electron chi connectivity index (χ4n) is 1.34. The van der Waals surface area contributed by atoms with Crippen LogP contribution in [0.4, 0.5) is 5.69 Å². The Balaban J connectivity index is 3.16. The van der Waals surface area contributed by atoms with Crippen LogP contribution in [0, 0.1) is 21.4 Å². The predicted molar refractivity (Wildman–Crippen MR) is 70.6 cm³/mol. The molecule has 0 aliphatic rings. The molecule has 104 valence electrons. The van der Waals surface area contributed by atoms with E-state index < -0.39 is 20.6 Å². The van der Waals surface area contributed by atoms with E-state index in [-0.39, 0.29) is 28.1 Å². The Morgan fingerprint density at radius 1 is 1.63 bits per heavy atom. The standard InChI is InChI=1S/C9H10ClN3O4S2/c1-2-12(5-3-4-11)19(16,17)8-6-7(13(14)15)9(10)18-8/h6H,2-3,5H2,1H3. The first kappa shape index (κ1) is 15.8. The molecule has 0 N–H and O–H groups in total. The second-order valence-corrected chi connectivity index (χ2v) is 7.21. The molecule has 1 aromatic heterocycles. The molecular formula is C9H10ClN3O4S2. The molecule has 0 fully saturated rings. The maximum Gasteiger partial charge on any atom is 0.300 e. The van der Waals surface area contributed by atoms with Gasteiger partial charge in [0, 0.05) is 25.6 Å². The summed E-state index contributed by atoms with van der Waals surface area (Å²) in [6.45, 7) is 1.84. The topological polar surface area (TPSA) is 104 Å². The minimum Gasteiger partial charge on any atom is -0.258 e. The van der Waals surface area contributed by atoms with Crippen LogP contribution in [0.25, 0.3) is 0 Å². The number of nitrogens with zero attached hydrogens (tertiary/aromatic N) is 3. The molecule has 0 bridgehead atoms. The van der Waals surface area contributed by atoms with E-state index >= 15 is 0 Å². The van der Waals surface area contributed by atoms with Crippen molar-refractivity contribution in [2.75, 3.05) is 13.1 Å². The van der Waals surface area contributed by atoms with Gasteiger partial charge in [0.05, 0.1) is 11.0 Å². The average Bonchev–Trinajstić information content (AvgIpc) is 2.73. The summed E-state index contributed by atoms with van der Waals surface area (Å²) in [7, 11) is -3.85. The van der Waals surface area contributed by atoms with Crippen LogP contribution in [0.1, 0.15) is 13.3 Å². The van der Waals surface area contributed by atoms with Crippen molar-refractivity contribution in [1.82, 2.24) is 4.31 Å². The maximum absolute atomic E-state index is 12.2. The lowest BCUT2D eigenvalue weighted by Gasteiger charge is -2.17. The summed E-state index contributed by atoms with van der Waals surface area (Å²) in [5.74, 6) is 0. The molecule has 0 radical (unpaired) electrons. The smallest absolute Gasteiger partial charge is 0.258 e. The Bertz CT molecular complexity index is 620.